The molecule has 84 valence electrons. The molecule has 0 fully saturated rings. The molecule has 0 bridgehead atoms. The summed E-state index contributed by atoms with van der Waals surface area (Å²) >= 11 is 3.53. The molecule has 5 nitrogen and oxygen atoms in total. The van der Waals surface area contributed by atoms with Gasteiger partial charge in [-0.05, 0) is 47.5 Å². The molecule has 0 aliphatic rings. The number of halogens is 1. The van der Waals surface area contributed by atoms with Gasteiger partial charge in [-0.25, -0.2) is 0 Å². The van der Waals surface area contributed by atoms with Crippen LogP contribution in [0.25, 0.3) is 5.69 Å². The van der Waals surface area contributed by atoms with Gasteiger partial charge in [-0.15, -0.1) is 5.10 Å². The van der Waals surface area contributed by atoms with Crippen LogP contribution >= 0.6 is 15.9 Å². The lowest BCUT2D eigenvalue weighted by molar-refractivity contribution is 0.760. The van der Waals surface area contributed by atoms with Gasteiger partial charge < -0.3 is 5.73 Å². The third kappa shape index (κ3) is 1.85. The molecular weight excluding hydrogens is 270 g/mol. The molecule has 2 rings (SSSR count). The number of nitrogens with zero attached hydrogens (tertiary/aromatic N) is 4. The zero-order valence-electron chi connectivity index (χ0n) is 9.11. The zero-order valence-corrected chi connectivity index (χ0v) is 10.7. The van der Waals surface area contributed by atoms with E-state index in [9.17, 15) is 0 Å². The van der Waals surface area contributed by atoms with Crippen LogP contribution < -0.4 is 5.73 Å². The molecule has 0 atom stereocenters. The summed E-state index contributed by atoms with van der Waals surface area (Å²) in [5.41, 5.74) is 8.79. The summed E-state index contributed by atoms with van der Waals surface area (Å²) in [7, 11) is 0. The predicted molar refractivity (Wildman–Crippen MR) is 64.2 cm³/mol. The zero-order chi connectivity index (χ0) is 11.7. The van der Waals surface area contributed by atoms with Gasteiger partial charge in [0.1, 0.15) is 0 Å². The number of nitrogens with two attached hydrogens (primary N) is 1. The van der Waals surface area contributed by atoms with Gasteiger partial charge in [-0.3, -0.25) is 0 Å². The highest BCUT2D eigenvalue weighted by atomic mass is 79.9. The van der Waals surface area contributed by atoms with Crippen LogP contribution in [0.15, 0.2) is 16.6 Å². The average Bonchev–Trinajstić information content (AvgIpc) is 2.73. The van der Waals surface area contributed by atoms with E-state index in [4.69, 9.17) is 5.73 Å². The SMILES string of the molecule is Cc1cc(-n2nnnc2CN)cc(C)c1Br. The van der Waals surface area contributed by atoms with Crippen molar-refractivity contribution in [3.05, 3.63) is 33.6 Å². The van der Waals surface area contributed by atoms with Crippen molar-refractivity contribution >= 4 is 15.9 Å². The predicted octanol–water partition coefficient (Wildman–Crippen LogP) is 1.50. The van der Waals surface area contributed by atoms with E-state index in [1.54, 1.807) is 4.68 Å². The summed E-state index contributed by atoms with van der Waals surface area (Å²) in [5.74, 6) is 0.654. The second kappa shape index (κ2) is 4.31. The average molecular weight is 282 g/mol. The minimum atomic E-state index is 0.321. The number of benzene rings is 1. The number of tetrazole rings is 1. The van der Waals surface area contributed by atoms with Gasteiger partial charge in [0.25, 0.3) is 0 Å². The highest BCUT2D eigenvalue weighted by Gasteiger charge is 2.09. The molecule has 6 heteroatoms. The fourth-order valence-corrected chi connectivity index (χ4v) is 1.81. The van der Waals surface area contributed by atoms with Gasteiger partial charge >= 0.3 is 0 Å². The maximum absolute atomic E-state index is 5.57. The van der Waals surface area contributed by atoms with Crippen molar-refractivity contribution in [3.8, 4) is 5.69 Å². The van der Waals surface area contributed by atoms with Crippen molar-refractivity contribution in [2.45, 2.75) is 20.4 Å². The van der Waals surface area contributed by atoms with Gasteiger partial charge in [-0.2, -0.15) is 4.68 Å². The summed E-state index contributed by atoms with van der Waals surface area (Å²) in [6.07, 6.45) is 0. The summed E-state index contributed by atoms with van der Waals surface area (Å²) in [4.78, 5) is 0. The van der Waals surface area contributed by atoms with Crippen molar-refractivity contribution in [1.82, 2.24) is 20.2 Å². The minimum absolute atomic E-state index is 0.321. The van der Waals surface area contributed by atoms with E-state index in [0.29, 0.717) is 12.4 Å². The second-order valence-corrected chi connectivity index (χ2v) is 4.40. The molecule has 0 unspecified atom stereocenters. The van der Waals surface area contributed by atoms with E-state index in [1.165, 1.54) is 0 Å². The van der Waals surface area contributed by atoms with Gasteiger partial charge in [0.05, 0.1) is 12.2 Å². The topological polar surface area (TPSA) is 69.6 Å². The Morgan fingerprint density at radius 2 is 1.94 bits per heavy atom. The summed E-state index contributed by atoms with van der Waals surface area (Å²) in [6.45, 7) is 4.39. The van der Waals surface area contributed by atoms with Gasteiger partial charge in [0, 0.05) is 4.47 Å². The molecule has 0 aliphatic carbocycles. The standard InChI is InChI=1S/C10H12BrN5/c1-6-3-8(4-7(2)10(6)11)16-9(5-12)13-14-15-16/h3-4H,5,12H2,1-2H3. The van der Waals surface area contributed by atoms with Crippen molar-refractivity contribution in [2.24, 2.45) is 5.73 Å². The Labute approximate surface area is 102 Å². The van der Waals surface area contributed by atoms with Crippen LogP contribution in [-0.4, -0.2) is 20.2 Å². The molecule has 2 N–H and O–H groups in total. The van der Waals surface area contributed by atoms with Crippen LogP contribution in [0.1, 0.15) is 17.0 Å². The Hall–Kier alpha value is -1.27. The van der Waals surface area contributed by atoms with Crippen LogP contribution in [0.5, 0.6) is 0 Å². The molecule has 0 spiro atoms. The van der Waals surface area contributed by atoms with Crippen LogP contribution in [0, 0.1) is 13.8 Å². The molecule has 0 amide bonds. The molecule has 0 aliphatic heterocycles. The Balaban J connectivity index is 2.57. The Morgan fingerprint density at radius 3 is 2.50 bits per heavy atom. The van der Waals surface area contributed by atoms with E-state index >= 15 is 0 Å². The van der Waals surface area contributed by atoms with Crippen molar-refractivity contribution in [3.63, 3.8) is 0 Å². The molecule has 2 aromatic rings. The Morgan fingerprint density at radius 1 is 1.31 bits per heavy atom. The fourth-order valence-electron chi connectivity index (χ4n) is 1.58. The third-order valence-electron chi connectivity index (χ3n) is 2.38. The summed E-state index contributed by atoms with van der Waals surface area (Å²) < 4.78 is 2.77. The number of hydrogen-bond acceptors (Lipinski definition) is 4. The lowest BCUT2D eigenvalue weighted by atomic mass is 10.1. The smallest absolute Gasteiger partial charge is 0.170 e. The maximum Gasteiger partial charge on any atom is 0.170 e. The maximum atomic E-state index is 5.57. The number of aryl methyl sites for hydroxylation is 2. The minimum Gasteiger partial charge on any atom is -0.324 e. The summed E-state index contributed by atoms with van der Waals surface area (Å²) in [6, 6.07) is 4.04. The largest absolute Gasteiger partial charge is 0.324 e. The lowest BCUT2D eigenvalue weighted by Crippen LogP contribution is -2.08. The van der Waals surface area contributed by atoms with Crippen LogP contribution in [0.4, 0.5) is 0 Å². The molecule has 16 heavy (non-hydrogen) atoms. The first-order chi connectivity index (χ1) is 7.63. The number of hydrogen-bond donors (Lipinski definition) is 1. The van der Waals surface area contributed by atoms with Gasteiger partial charge in [0.2, 0.25) is 0 Å². The number of aromatic nitrogens is 4. The van der Waals surface area contributed by atoms with E-state index < -0.39 is 0 Å². The second-order valence-electron chi connectivity index (χ2n) is 3.60. The van der Waals surface area contributed by atoms with Crippen LogP contribution in [-0.2, 0) is 6.54 Å². The normalized spacial score (nSPS) is 10.8. The van der Waals surface area contributed by atoms with E-state index in [1.807, 2.05) is 26.0 Å². The molecule has 0 saturated heterocycles. The highest BCUT2D eigenvalue weighted by Crippen LogP contribution is 2.24. The molecule has 1 aromatic carbocycles. The monoisotopic (exact) mass is 281 g/mol. The number of rotatable bonds is 2. The van der Waals surface area contributed by atoms with Crippen molar-refractivity contribution in [2.75, 3.05) is 0 Å². The van der Waals surface area contributed by atoms with Crippen molar-refractivity contribution in [1.29, 1.82) is 0 Å². The fraction of sp³-hybridized carbons (Fsp3) is 0.300. The van der Waals surface area contributed by atoms with E-state index in [0.717, 1.165) is 21.3 Å². The summed E-state index contributed by atoms with van der Waals surface area (Å²) in [5, 5.41) is 11.4. The van der Waals surface area contributed by atoms with Gasteiger partial charge in [0.15, 0.2) is 5.82 Å². The quantitative estimate of drug-likeness (QED) is 0.906. The van der Waals surface area contributed by atoms with Gasteiger partial charge in [-0.1, -0.05) is 15.9 Å². The first-order valence-corrected chi connectivity index (χ1v) is 5.67. The molecule has 0 radical (unpaired) electrons. The molecule has 0 saturated carbocycles. The molecule has 1 aromatic heterocycles. The first kappa shape index (κ1) is 11.2. The Bertz CT molecular complexity index is 497. The van der Waals surface area contributed by atoms with E-state index in [-0.39, 0.29) is 0 Å². The Kier molecular flexibility index (Phi) is 3.02. The van der Waals surface area contributed by atoms with E-state index in [2.05, 4.69) is 31.5 Å². The molecular formula is C10H12BrN5. The lowest BCUT2D eigenvalue weighted by Gasteiger charge is -2.08. The van der Waals surface area contributed by atoms with Crippen LogP contribution in [0.2, 0.25) is 0 Å². The molecule has 1 heterocycles. The third-order valence-corrected chi connectivity index (χ3v) is 3.63. The first-order valence-electron chi connectivity index (χ1n) is 4.88. The van der Waals surface area contributed by atoms with Crippen molar-refractivity contribution < 1.29 is 0 Å². The highest BCUT2D eigenvalue weighted by molar-refractivity contribution is 9.10. The van der Waals surface area contributed by atoms with Crippen LogP contribution in [0.3, 0.4) is 0 Å².